The third-order valence-corrected chi connectivity index (χ3v) is 6.33. The lowest BCUT2D eigenvalue weighted by Gasteiger charge is -2.31. The zero-order valence-electron chi connectivity index (χ0n) is 14.4. The van der Waals surface area contributed by atoms with E-state index in [9.17, 15) is 13.6 Å². The second kappa shape index (κ2) is 8.22. The highest BCUT2D eigenvalue weighted by Crippen LogP contribution is 2.39. The molecule has 2 saturated carbocycles. The van der Waals surface area contributed by atoms with Crippen molar-refractivity contribution in [3.05, 3.63) is 35.4 Å². The van der Waals surface area contributed by atoms with Crippen molar-refractivity contribution in [3.63, 3.8) is 0 Å². The molecular formula is C21H28F2O. The Kier molecular flexibility index (Phi) is 6.02. The molecule has 24 heavy (non-hydrogen) atoms. The van der Waals surface area contributed by atoms with Crippen molar-refractivity contribution in [1.29, 1.82) is 0 Å². The molecule has 0 amide bonds. The molecule has 0 bridgehead atoms. The van der Waals surface area contributed by atoms with Crippen molar-refractivity contribution in [1.82, 2.24) is 0 Å². The van der Waals surface area contributed by atoms with E-state index >= 15 is 0 Å². The highest BCUT2D eigenvalue weighted by molar-refractivity contribution is 5.53. The molecule has 0 aliphatic heterocycles. The zero-order valence-corrected chi connectivity index (χ0v) is 14.4. The summed E-state index contributed by atoms with van der Waals surface area (Å²) in [4.78, 5) is 10.8. The molecule has 3 rings (SSSR count). The molecular weight excluding hydrogens is 306 g/mol. The normalized spacial score (nSPS) is 30.9. The number of carbonyl (C=O) groups excluding carboxylic acids is 1. The summed E-state index contributed by atoms with van der Waals surface area (Å²) in [6, 6.07) is 4.38. The van der Waals surface area contributed by atoms with E-state index in [1.807, 2.05) is 0 Å². The van der Waals surface area contributed by atoms with Crippen LogP contribution in [0.1, 0.15) is 75.7 Å². The van der Waals surface area contributed by atoms with Crippen LogP contribution in [0.3, 0.4) is 0 Å². The summed E-state index contributed by atoms with van der Waals surface area (Å²) in [5.41, 5.74) is 0.958. The van der Waals surface area contributed by atoms with Crippen LogP contribution in [0.15, 0.2) is 18.2 Å². The predicted molar refractivity (Wildman–Crippen MR) is 91.8 cm³/mol. The van der Waals surface area contributed by atoms with Gasteiger partial charge < -0.3 is 4.79 Å². The largest absolute Gasteiger partial charge is 0.303 e. The molecule has 3 heteroatoms. The number of halogens is 2. The molecule has 132 valence electrons. The van der Waals surface area contributed by atoms with Crippen molar-refractivity contribution >= 4 is 6.29 Å². The Morgan fingerprint density at radius 3 is 1.96 bits per heavy atom. The van der Waals surface area contributed by atoms with Crippen LogP contribution >= 0.6 is 0 Å². The second-order valence-corrected chi connectivity index (χ2v) is 7.89. The van der Waals surface area contributed by atoms with Crippen molar-refractivity contribution in [3.8, 4) is 0 Å². The molecule has 0 unspecified atom stereocenters. The molecule has 1 aromatic rings. The molecule has 0 radical (unpaired) electrons. The average molecular weight is 334 g/mol. The Balaban J connectivity index is 1.40. The van der Waals surface area contributed by atoms with Gasteiger partial charge in [-0.05, 0) is 86.8 Å². The van der Waals surface area contributed by atoms with Crippen LogP contribution < -0.4 is 0 Å². The lowest BCUT2D eigenvalue weighted by Crippen LogP contribution is -2.18. The van der Waals surface area contributed by atoms with E-state index in [1.54, 1.807) is 6.07 Å². The highest BCUT2D eigenvalue weighted by Gasteiger charge is 2.25. The maximum atomic E-state index is 13.4. The fourth-order valence-corrected chi connectivity index (χ4v) is 4.64. The Morgan fingerprint density at radius 2 is 1.42 bits per heavy atom. The highest BCUT2D eigenvalue weighted by atomic mass is 19.2. The monoisotopic (exact) mass is 334 g/mol. The third-order valence-electron chi connectivity index (χ3n) is 6.33. The van der Waals surface area contributed by atoms with Gasteiger partial charge in [-0.2, -0.15) is 0 Å². The summed E-state index contributed by atoms with van der Waals surface area (Å²) in [5, 5.41) is 0. The molecule has 1 nitrogen and oxygen atoms in total. The van der Waals surface area contributed by atoms with Crippen molar-refractivity contribution in [2.24, 2.45) is 17.8 Å². The number of carbonyl (C=O) groups is 1. The first-order valence-electron chi connectivity index (χ1n) is 9.56. The van der Waals surface area contributed by atoms with Gasteiger partial charge in [0, 0.05) is 5.92 Å². The third kappa shape index (κ3) is 4.43. The Morgan fingerprint density at radius 1 is 0.833 bits per heavy atom. The van der Waals surface area contributed by atoms with E-state index in [-0.39, 0.29) is 0 Å². The average Bonchev–Trinajstić information content (AvgIpc) is 2.63. The molecule has 2 fully saturated rings. The molecule has 2 aliphatic carbocycles. The minimum atomic E-state index is -0.753. The van der Waals surface area contributed by atoms with Gasteiger partial charge in [0.15, 0.2) is 11.6 Å². The summed E-state index contributed by atoms with van der Waals surface area (Å²) in [6.07, 6.45) is 12.9. The maximum Gasteiger partial charge on any atom is 0.159 e. The molecule has 2 aliphatic rings. The Hall–Kier alpha value is -1.25. The van der Waals surface area contributed by atoms with E-state index in [4.69, 9.17) is 0 Å². The van der Waals surface area contributed by atoms with Crippen LogP contribution in [-0.2, 0) is 4.79 Å². The second-order valence-electron chi connectivity index (χ2n) is 7.89. The van der Waals surface area contributed by atoms with Crippen LogP contribution in [0.25, 0.3) is 0 Å². The summed E-state index contributed by atoms with van der Waals surface area (Å²) in [7, 11) is 0. The van der Waals surface area contributed by atoms with Gasteiger partial charge in [0.05, 0.1) is 0 Å². The van der Waals surface area contributed by atoms with Crippen LogP contribution in [-0.4, -0.2) is 6.29 Å². The molecule has 0 saturated heterocycles. The summed E-state index contributed by atoms with van der Waals surface area (Å²) in [6.45, 7) is 0. The van der Waals surface area contributed by atoms with E-state index in [0.717, 1.165) is 49.4 Å². The minimum absolute atomic E-state index is 0.313. The lowest BCUT2D eigenvalue weighted by molar-refractivity contribution is -0.112. The zero-order chi connectivity index (χ0) is 16.9. The molecule has 1 aromatic carbocycles. The van der Waals surface area contributed by atoms with Gasteiger partial charge in [-0.15, -0.1) is 0 Å². The van der Waals surface area contributed by atoms with E-state index in [2.05, 4.69) is 0 Å². The van der Waals surface area contributed by atoms with Gasteiger partial charge in [0.1, 0.15) is 6.29 Å². The van der Waals surface area contributed by atoms with Crippen LogP contribution in [0, 0.1) is 29.4 Å². The van der Waals surface area contributed by atoms with Crippen LogP contribution in [0.2, 0.25) is 0 Å². The summed E-state index contributed by atoms with van der Waals surface area (Å²) >= 11 is 0. The summed E-state index contributed by atoms with van der Waals surface area (Å²) < 4.78 is 26.5. The smallest absolute Gasteiger partial charge is 0.159 e. The predicted octanol–water partition coefficient (Wildman–Crippen LogP) is 6.02. The fourth-order valence-electron chi connectivity index (χ4n) is 4.64. The maximum absolute atomic E-state index is 13.4. The van der Waals surface area contributed by atoms with Gasteiger partial charge >= 0.3 is 0 Å². The van der Waals surface area contributed by atoms with Gasteiger partial charge in [-0.3, -0.25) is 0 Å². The summed E-state index contributed by atoms with van der Waals surface area (Å²) in [5.74, 6) is 0.824. The Labute approximate surface area is 143 Å². The van der Waals surface area contributed by atoms with E-state index in [0.29, 0.717) is 11.8 Å². The molecule has 0 atom stereocenters. The number of benzene rings is 1. The number of aldehydes is 1. The first-order chi connectivity index (χ1) is 11.7. The molecule has 0 aromatic heterocycles. The number of hydrogen-bond donors (Lipinski definition) is 0. The fraction of sp³-hybridized carbons (Fsp3) is 0.667. The topological polar surface area (TPSA) is 17.1 Å². The minimum Gasteiger partial charge on any atom is -0.303 e. The molecule has 0 N–H and O–H groups in total. The standard InChI is InChI=1S/C21H28F2O/c22-20-12-11-19(13-21(20)23)18-9-7-16(8-10-18)2-1-15-3-5-17(14-24)6-4-15/h11-18H,1-10H2. The SMILES string of the molecule is O=CC1CCC(CCC2CCC(c3ccc(F)c(F)c3)CC2)CC1. The van der Waals surface area contributed by atoms with Crippen LogP contribution in [0.5, 0.6) is 0 Å². The molecule has 0 spiro atoms. The molecule has 0 heterocycles. The quantitative estimate of drug-likeness (QED) is 0.601. The van der Waals surface area contributed by atoms with Gasteiger partial charge in [-0.25, -0.2) is 8.78 Å². The first kappa shape index (κ1) is 17.6. The lowest BCUT2D eigenvalue weighted by atomic mass is 9.74. The van der Waals surface area contributed by atoms with Crippen molar-refractivity contribution in [2.45, 2.75) is 70.1 Å². The van der Waals surface area contributed by atoms with E-state index < -0.39 is 11.6 Å². The van der Waals surface area contributed by atoms with E-state index in [1.165, 1.54) is 50.7 Å². The van der Waals surface area contributed by atoms with Crippen molar-refractivity contribution < 1.29 is 13.6 Å². The van der Waals surface area contributed by atoms with Gasteiger partial charge in [0.2, 0.25) is 0 Å². The first-order valence-corrected chi connectivity index (χ1v) is 9.56. The van der Waals surface area contributed by atoms with Crippen LogP contribution in [0.4, 0.5) is 8.78 Å². The van der Waals surface area contributed by atoms with Gasteiger partial charge in [-0.1, -0.05) is 18.9 Å². The van der Waals surface area contributed by atoms with Crippen molar-refractivity contribution in [2.75, 3.05) is 0 Å². The van der Waals surface area contributed by atoms with Gasteiger partial charge in [0.25, 0.3) is 0 Å². The number of rotatable bonds is 5. The Bertz CT molecular complexity index is 541. The number of hydrogen-bond acceptors (Lipinski definition) is 1.